The molecule has 17 heavy (non-hydrogen) atoms. The van der Waals surface area contributed by atoms with Crippen molar-refractivity contribution >= 4 is 5.69 Å². The number of rotatable bonds is 4. The van der Waals surface area contributed by atoms with Crippen LogP contribution in [-0.4, -0.2) is 13.6 Å². The van der Waals surface area contributed by atoms with Crippen LogP contribution >= 0.6 is 0 Å². The minimum atomic E-state index is 0.630. The highest BCUT2D eigenvalue weighted by molar-refractivity contribution is 5.55. The van der Waals surface area contributed by atoms with Crippen molar-refractivity contribution in [3.8, 4) is 0 Å². The molecule has 1 aromatic rings. The Morgan fingerprint density at radius 3 is 2.65 bits per heavy atom. The Balaban J connectivity index is 2.11. The summed E-state index contributed by atoms with van der Waals surface area (Å²) < 4.78 is 0. The summed E-state index contributed by atoms with van der Waals surface area (Å²) in [5.74, 6) is 0.881. The van der Waals surface area contributed by atoms with E-state index in [0.29, 0.717) is 6.54 Å². The molecule has 0 unspecified atom stereocenters. The number of aryl methyl sites for hydroxylation is 1. The first-order valence-electron chi connectivity index (χ1n) is 6.71. The molecule has 1 aliphatic carbocycles. The minimum absolute atomic E-state index is 0.630. The Labute approximate surface area is 105 Å². The number of hydrogen-bond acceptors (Lipinski definition) is 2. The first-order valence-corrected chi connectivity index (χ1v) is 6.71. The summed E-state index contributed by atoms with van der Waals surface area (Å²) >= 11 is 0. The number of nitrogens with zero attached hydrogens (tertiary/aromatic N) is 1. The molecular weight excluding hydrogens is 208 g/mol. The lowest BCUT2D eigenvalue weighted by Crippen LogP contribution is -2.25. The summed E-state index contributed by atoms with van der Waals surface area (Å²) in [5, 5.41) is 0. The third kappa shape index (κ3) is 3.01. The summed E-state index contributed by atoms with van der Waals surface area (Å²) in [6.45, 7) is 3.95. The van der Waals surface area contributed by atoms with Crippen molar-refractivity contribution in [2.24, 2.45) is 11.7 Å². The highest BCUT2D eigenvalue weighted by Gasteiger charge is 2.18. The van der Waals surface area contributed by atoms with Gasteiger partial charge >= 0.3 is 0 Å². The predicted molar refractivity (Wildman–Crippen MR) is 74.3 cm³/mol. The second-order valence-corrected chi connectivity index (χ2v) is 5.37. The molecule has 0 saturated heterocycles. The first-order chi connectivity index (χ1) is 8.20. The van der Waals surface area contributed by atoms with E-state index in [1.807, 2.05) is 0 Å². The molecule has 2 heteroatoms. The van der Waals surface area contributed by atoms with E-state index >= 15 is 0 Å². The van der Waals surface area contributed by atoms with Gasteiger partial charge in [0, 0.05) is 25.8 Å². The van der Waals surface area contributed by atoms with Crippen LogP contribution in [-0.2, 0) is 6.54 Å². The molecular formula is C15H24N2. The fourth-order valence-electron chi connectivity index (χ4n) is 2.88. The molecule has 0 heterocycles. The molecule has 0 amide bonds. The van der Waals surface area contributed by atoms with Crippen molar-refractivity contribution < 1.29 is 0 Å². The standard InChI is InChI=1S/C15H24N2/c1-12-7-8-14(10-16)15(9-12)17(2)11-13-5-3-4-6-13/h7-9,13H,3-6,10-11,16H2,1-2H3. The van der Waals surface area contributed by atoms with Crippen LogP contribution in [0.5, 0.6) is 0 Å². The average Bonchev–Trinajstić information content (AvgIpc) is 2.81. The smallest absolute Gasteiger partial charge is 0.0411 e. The average molecular weight is 232 g/mol. The first kappa shape index (κ1) is 12.4. The van der Waals surface area contributed by atoms with Gasteiger partial charge in [-0.2, -0.15) is 0 Å². The van der Waals surface area contributed by atoms with E-state index < -0.39 is 0 Å². The van der Waals surface area contributed by atoms with Crippen LogP contribution in [0.1, 0.15) is 36.8 Å². The van der Waals surface area contributed by atoms with Crippen molar-refractivity contribution in [3.63, 3.8) is 0 Å². The number of anilines is 1. The fraction of sp³-hybridized carbons (Fsp3) is 0.600. The van der Waals surface area contributed by atoms with Crippen LogP contribution in [0.3, 0.4) is 0 Å². The third-order valence-electron chi connectivity index (χ3n) is 3.88. The Morgan fingerprint density at radius 1 is 1.29 bits per heavy atom. The molecule has 2 rings (SSSR count). The Morgan fingerprint density at radius 2 is 2.00 bits per heavy atom. The van der Waals surface area contributed by atoms with Crippen molar-refractivity contribution in [1.29, 1.82) is 0 Å². The summed E-state index contributed by atoms with van der Waals surface area (Å²) in [5.41, 5.74) is 9.71. The molecule has 0 atom stereocenters. The van der Waals surface area contributed by atoms with Gasteiger partial charge in [0.15, 0.2) is 0 Å². The van der Waals surface area contributed by atoms with E-state index in [2.05, 4.69) is 37.1 Å². The molecule has 94 valence electrons. The summed E-state index contributed by atoms with van der Waals surface area (Å²) in [6.07, 6.45) is 5.62. The van der Waals surface area contributed by atoms with Gasteiger partial charge in [0.2, 0.25) is 0 Å². The molecule has 0 bridgehead atoms. The quantitative estimate of drug-likeness (QED) is 0.864. The minimum Gasteiger partial charge on any atom is -0.374 e. The molecule has 1 aliphatic rings. The van der Waals surface area contributed by atoms with Gasteiger partial charge in [-0.25, -0.2) is 0 Å². The Hall–Kier alpha value is -1.02. The molecule has 0 spiro atoms. The Kier molecular flexibility index (Phi) is 4.06. The van der Waals surface area contributed by atoms with Crippen LogP contribution < -0.4 is 10.6 Å². The van der Waals surface area contributed by atoms with Crippen LogP contribution in [0.15, 0.2) is 18.2 Å². The zero-order valence-electron chi connectivity index (χ0n) is 11.1. The lowest BCUT2D eigenvalue weighted by Gasteiger charge is -2.25. The fourth-order valence-corrected chi connectivity index (χ4v) is 2.88. The van der Waals surface area contributed by atoms with Crippen LogP contribution in [0.2, 0.25) is 0 Å². The van der Waals surface area contributed by atoms with E-state index in [-0.39, 0.29) is 0 Å². The molecule has 2 nitrogen and oxygen atoms in total. The molecule has 0 aromatic heterocycles. The zero-order chi connectivity index (χ0) is 12.3. The molecule has 2 N–H and O–H groups in total. The lowest BCUT2D eigenvalue weighted by atomic mass is 10.1. The Bertz CT molecular complexity index is 367. The largest absolute Gasteiger partial charge is 0.374 e. The van der Waals surface area contributed by atoms with Gasteiger partial charge < -0.3 is 10.6 Å². The van der Waals surface area contributed by atoms with Crippen LogP contribution in [0, 0.1) is 12.8 Å². The van der Waals surface area contributed by atoms with Crippen LogP contribution in [0.25, 0.3) is 0 Å². The van der Waals surface area contributed by atoms with E-state index in [1.54, 1.807) is 0 Å². The third-order valence-corrected chi connectivity index (χ3v) is 3.88. The highest BCUT2D eigenvalue weighted by Crippen LogP contribution is 2.28. The maximum Gasteiger partial charge on any atom is 0.0411 e. The van der Waals surface area contributed by atoms with Crippen molar-refractivity contribution in [2.75, 3.05) is 18.5 Å². The van der Waals surface area contributed by atoms with Gasteiger partial charge in [0.05, 0.1) is 0 Å². The van der Waals surface area contributed by atoms with Crippen molar-refractivity contribution in [1.82, 2.24) is 0 Å². The monoisotopic (exact) mass is 232 g/mol. The number of benzene rings is 1. The van der Waals surface area contributed by atoms with E-state index in [9.17, 15) is 0 Å². The molecule has 1 fully saturated rings. The number of hydrogen-bond donors (Lipinski definition) is 1. The normalized spacial score (nSPS) is 16.4. The highest BCUT2D eigenvalue weighted by atomic mass is 15.1. The lowest BCUT2D eigenvalue weighted by molar-refractivity contribution is 0.546. The predicted octanol–water partition coefficient (Wildman–Crippen LogP) is 3.08. The van der Waals surface area contributed by atoms with E-state index in [4.69, 9.17) is 5.73 Å². The second kappa shape index (κ2) is 5.54. The summed E-state index contributed by atoms with van der Waals surface area (Å²) in [7, 11) is 2.20. The SMILES string of the molecule is Cc1ccc(CN)c(N(C)CC2CCCC2)c1. The summed E-state index contributed by atoms with van der Waals surface area (Å²) in [6, 6.07) is 6.57. The van der Waals surface area contributed by atoms with Crippen molar-refractivity contribution in [2.45, 2.75) is 39.2 Å². The molecule has 1 aromatic carbocycles. The second-order valence-electron chi connectivity index (χ2n) is 5.37. The van der Waals surface area contributed by atoms with Gasteiger partial charge in [-0.15, -0.1) is 0 Å². The van der Waals surface area contributed by atoms with Gasteiger partial charge in [-0.3, -0.25) is 0 Å². The number of nitrogens with two attached hydrogens (primary N) is 1. The van der Waals surface area contributed by atoms with E-state index in [0.717, 1.165) is 5.92 Å². The maximum absolute atomic E-state index is 5.82. The molecule has 0 radical (unpaired) electrons. The molecule has 0 aliphatic heterocycles. The van der Waals surface area contributed by atoms with Crippen LogP contribution in [0.4, 0.5) is 5.69 Å². The van der Waals surface area contributed by atoms with Crippen molar-refractivity contribution in [3.05, 3.63) is 29.3 Å². The summed E-state index contributed by atoms with van der Waals surface area (Å²) in [4.78, 5) is 2.39. The van der Waals surface area contributed by atoms with E-state index in [1.165, 1.54) is 49.0 Å². The van der Waals surface area contributed by atoms with Gasteiger partial charge in [0.1, 0.15) is 0 Å². The topological polar surface area (TPSA) is 29.3 Å². The maximum atomic E-state index is 5.82. The van der Waals surface area contributed by atoms with Gasteiger partial charge in [-0.1, -0.05) is 25.0 Å². The van der Waals surface area contributed by atoms with Gasteiger partial charge in [-0.05, 0) is 42.9 Å². The molecule has 1 saturated carbocycles. The zero-order valence-corrected chi connectivity index (χ0v) is 11.1. The van der Waals surface area contributed by atoms with Gasteiger partial charge in [0.25, 0.3) is 0 Å².